The third kappa shape index (κ3) is 5.27. The van der Waals surface area contributed by atoms with Crippen molar-refractivity contribution in [2.24, 2.45) is 0 Å². The van der Waals surface area contributed by atoms with Gasteiger partial charge in [0.2, 0.25) is 0 Å². The minimum absolute atomic E-state index is 0.302. The van der Waals surface area contributed by atoms with Crippen LogP contribution in [0.5, 0.6) is 5.75 Å². The van der Waals surface area contributed by atoms with E-state index in [4.69, 9.17) is 4.74 Å². The summed E-state index contributed by atoms with van der Waals surface area (Å²) >= 11 is 1.79. The molecule has 2 aromatic rings. The minimum Gasteiger partial charge on any atom is -0.493 e. The van der Waals surface area contributed by atoms with Crippen molar-refractivity contribution in [1.29, 1.82) is 0 Å². The molecule has 1 unspecified atom stereocenters. The van der Waals surface area contributed by atoms with E-state index in [0.29, 0.717) is 13.0 Å². The third-order valence-electron chi connectivity index (χ3n) is 2.82. The van der Waals surface area contributed by atoms with Gasteiger partial charge in [-0.1, -0.05) is 30.3 Å². The zero-order chi connectivity index (χ0) is 14.2. The molecule has 20 heavy (non-hydrogen) atoms. The van der Waals surface area contributed by atoms with E-state index >= 15 is 0 Å². The summed E-state index contributed by atoms with van der Waals surface area (Å²) in [6.45, 7) is 2.49. The predicted molar refractivity (Wildman–Crippen MR) is 84.5 cm³/mol. The largest absolute Gasteiger partial charge is 0.493 e. The molecule has 2 rings (SSSR count). The van der Waals surface area contributed by atoms with Crippen molar-refractivity contribution in [1.82, 2.24) is 0 Å². The fraction of sp³-hybridized carbons (Fsp3) is 0.294. The van der Waals surface area contributed by atoms with Gasteiger partial charge in [0, 0.05) is 10.6 Å². The van der Waals surface area contributed by atoms with Gasteiger partial charge in [-0.2, -0.15) is 0 Å². The Morgan fingerprint density at radius 3 is 2.40 bits per heavy atom. The summed E-state index contributed by atoms with van der Waals surface area (Å²) in [7, 11) is 0. The number of thioether (sulfide) groups is 1. The van der Waals surface area contributed by atoms with Crippen LogP contribution in [0.15, 0.2) is 59.5 Å². The third-order valence-corrected chi connectivity index (χ3v) is 3.79. The minimum atomic E-state index is -0.302. The maximum atomic E-state index is 9.32. The second kappa shape index (κ2) is 7.98. The normalized spacial score (nSPS) is 12.1. The molecule has 0 bridgehead atoms. The molecule has 0 heterocycles. The smallest absolute Gasteiger partial charge is 0.119 e. The highest BCUT2D eigenvalue weighted by molar-refractivity contribution is 7.99. The Kier molecular flexibility index (Phi) is 5.96. The van der Waals surface area contributed by atoms with E-state index in [-0.39, 0.29) is 6.10 Å². The Labute approximate surface area is 124 Å². The summed E-state index contributed by atoms with van der Waals surface area (Å²) in [5, 5.41) is 9.32. The average Bonchev–Trinajstić information content (AvgIpc) is 2.46. The molecule has 3 heteroatoms. The van der Waals surface area contributed by atoms with Gasteiger partial charge in [-0.25, -0.2) is 0 Å². The zero-order valence-corrected chi connectivity index (χ0v) is 12.5. The molecule has 0 saturated carbocycles. The van der Waals surface area contributed by atoms with Crippen LogP contribution in [0.1, 0.15) is 12.5 Å². The van der Waals surface area contributed by atoms with Crippen molar-refractivity contribution in [3.8, 4) is 5.75 Å². The lowest BCUT2D eigenvalue weighted by atomic mass is 10.1. The summed E-state index contributed by atoms with van der Waals surface area (Å²) in [6, 6.07) is 18.3. The van der Waals surface area contributed by atoms with Crippen molar-refractivity contribution in [2.75, 3.05) is 12.4 Å². The fourth-order valence-electron chi connectivity index (χ4n) is 1.90. The average molecular weight is 288 g/mol. The molecule has 0 aliphatic heterocycles. The first-order valence-electron chi connectivity index (χ1n) is 6.82. The number of aliphatic hydroxyl groups is 1. The molecular formula is C17H20O2S. The number of aliphatic hydroxyl groups excluding tert-OH is 1. The second-order valence-corrected chi connectivity index (χ2v) is 5.88. The molecule has 1 atom stereocenters. The standard InChI is InChI=1S/C17H20O2S/c1-14(18)13-15-7-9-16(10-8-15)19-11-12-20-17-5-3-2-4-6-17/h2-10,14,18H,11-13H2,1H3. The number of benzene rings is 2. The van der Waals surface area contributed by atoms with Gasteiger partial charge in [0.25, 0.3) is 0 Å². The molecular weight excluding hydrogens is 268 g/mol. The summed E-state index contributed by atoms with van der Waals surface area (Å²) in [5.74, 6) is 1.81. The fourth-order valence-corrected chi connectivity index (χ4v) is 2.65. The van der Waals surface area contributed by atoms with Gasteiger partial charge in [0.15, 0.2) is 0 Å². The van der Waals surface area contributed by atoms with Crippen LogP contribution in [-0.2, 0) is 6.42 Å². The van der Waals surface area contributed by atoms with Crippen LogP contribution < -0.4 is 4.74 Å². The lowest BCUT2D eigenvalue weighted by molar-refractivity contribution is 0.195. The summed E-state index contributed by atoms with van der Waals surface area (Å²) in [4.78, 5) is 1.27. The van der Waals surface area contributed by atoms with Crippen molar-refractivity contribution in [3.63, 3.8) is 0 Å². The molecule has 1 N–H and O–H groups in total. The van der Waals surface area contributed by atoms with E-state index in [2.05, 4.69) is 12.1 Å². The van der Waals surface area contributed by atoms with Crippen molar-refractivity contribution < 1.29 is 9.84 Å². The van der Waals surface area contributed by atoms with Crippen molar-refractivity contribution >= 4 is 11.8 Å². The van der Waals surface area contributed by atoms with Crippen molar-refractivity contribution in [2.45, 2.75) is 24.3 Å². The van der Waals surface area contributed by atoms with Gasteiger partial charge < -0.3 is 9.84 Å². The second-order valence-electron chi connectivity index (χ2n) is 4.71. The van der Waals surface area contributed by atoms with E-state index in [9.17, 15) is 5.11 Å². The van der Waals surface area contributed by atoms with Gasteiger partial charge in [0.1, 0.15) is 5.75 Å². The van der Waals surface area contributed by atoms with Gasteiger partial charge in [-0.3, -0.25) is 0 Å². The first kappa shape index (κ1) is 14.9. The van der Waals surface area contributed by atoms with Crippen molar-refractivity contribution in [3.05, 3.63) is 60.2 Å². The van der Waals surface area contributed by atoms with Crippen LogP contribution in [0.3, 0.4) is 0 Å². The number of rotatable bonds is 7. The van der Waals surface area contributed by atoms with Gasteiger partial charge in [-0.15, -0.1) is 11.8 Å². The summed E-state index contributed by atoms with van der Waals surface area (Å²) in [5.41, 5.74) is 1.13. The molecule has 0 fully saturated rings. The highest BCUT2D eigenvalue weighted by Gasteiger charge is 2.00. The Morgan fingerprint density at radius 2 is 1.75 bits per heavy atom. The molecule has 0 radical (unpaired) electrons. The number of hydrogen-bond acceptors (Lipinski definition) is 3. The quantitative estimate of drug-likeness (QED) is 0.621. The van der Waals surface area contributed by atoms with Crippen LogP contribution in [0.25, 0.3) is 0 Å². The predicted octanol–water partition coefficient (Wildman–Crippen LogP) is 3.78. The SMILES string of the molecule is CC(O)Cc1ccc(OCCSc2ccccc2)cc1. The molecule has 0 aliphatic carbocycles. The molecule has 0 aliphatic rings. The Morgan fingerprint density at radius 1 is 1.05 bits per heavy atom. The summed E-state index contributed by atoms with van der Waals surface area (Å²) < 4.78 is 5.70. The Hall–Kier alpha value is -1.45. The first-order valence-corrected chi connectivity index (χ1v) is 7.80. The maximum Gasteiger partial charge on any atom is 0.119 e. The molecule has 2 aromatic carbocycles. The van der Waals surface area contributed by atoms with Gasteiger partial charge in [-0.05, 0) is 43.2 Å². The Bertz CT molecular complexity index is 494. The van der Waals surface area contributed by atoms with Crippen LogP contribution in [0.4, 0.5) is 0 Å². The Balaban J connectivity index is 1.71. The van der Waals surface area contributed by atoms with E-state index in [0.717, 1.165) is 17.1 Å². The monoisotopic (exact) mass is 288 g/mol. The van der Waals surface area contributed by atoms with Crippen LogP contribution in [0.2, 0.25) is 0 Å². The zero-order valence-electron chi connectivity index (χ0n) is 11.7. The lowest BCUT2D eigenvalue weighted by Gasteiger charge is -2.08. The van der Waals surface area contributed by atoms with Gasteiger partial charge in [0.05, 0.1) is 12.7 Å². The molecule has 0 amide bonds. The molecule has 106 valence electrons. The van der Waals surface area contributed by atoms with E-state index in [1.165, 1.54) is 4.90 Å². The van der Waals surface area contributed by atoms with E-state index in [1.54, 1.807) is 18.7 Å². The highest BCUT2D eigenvalue weighted by Crippen LogP contribution is 2.18. The van der Waals surface area contributed by atoms with Gasteiger partial charge >= 0.3 is 0 Å². The maximum absolute atomic E-state index is 9.32. The van der Waals surface area contributed by atoms with E-state index in [1.807, 2.05) is 42.5 Å². The first-order chi connectivity index (χ1) is 9.74. The summed E-state index contributed by atoms with van der Waals surface area (Å²) in [6.07, 6.45) is 0.383. The van der Waals surface area contributed by atoms with E-state index < -0.39 is 0 Å². The molecule has 0 saturated heterocycles. The van der Waals surface area contributed by atoms with Crippen LogP contribution >= 0.6 is 11.8 Å². The topological polar surface area (TPSA) is 29.5 Å². The molecule has 0 spiro atoms. The van der Waals surface area contributed by atoms with Crippen LogP contribution in [-0.4, -0.2) is 23.6 Å². The number of ether oxygens (including phenoxy) is 1. The molecule has 2 nitrogen and oxygen atoms in total. The number of hydrogen-bond donors (Lipinski definition) is 1. The molecule has 0 aromatic heterocycles. The highest BCUT2D eigenvalue weighted by atomic mass is 32.2. The lowest BCUT2D eigenvalue weighted by Crippen LogP contribution is -2.04. The van der Waals surface area contributed by atoms with Crippen LogP contribution in [0, 0.1) is 0 Å².